The molecule has 0 aliphatic heterocycles. The third-order valence-corrected chi connectivity index (χ3v) is 6.37. The van der Waals surface area contributed by atoms with E-state index in [9.17, 15) is 9.90 Å². The van der Waals surface area contributed by atoms with Gasteiger partial charge in [0.2, 0.25) is 0 Å². The average Bonchev–Trinajstić information content (AvgIpc) is 3.42. The third-order valence-electron chi connectivity index (χ3n) is 5.79. The molecule has 2 N–H and O–H groups in total. The molecule has 1 aromatic carbocycles. The normalized spacial score (nSPS) is 18.3. The van der Waals surface area contributed by atoms with E-state index in [4.69, 9.17) is 0 Å². The molecule has 152 valence electrons. The van der Waals surface area contributed by atoms with E-state index in [2.05, 4.69) is 39.6 Å². The minimum atomic E-state index is -0.455. The summed E-state index contributed by atoms with van der Waals surface area (Å²) in [6, 6.07) is 12.1. The van der Waals surface area contributed by atoms with E-state index >= 15 is 0 Å². The Balaban J connectivity index is 1.45. The second-order valence-corrected chi connectivity index (χ2v) is 8.52. The Morgan fingerprint density at radius 3 is 2.77 bits per heavy atom. The van der Waals surface area contributed by atoms with Gasteiger partial charge in [0.05, 0.1) is 23.4 Å². The summed E-state index contributed by atoms with van der Waals surface area (Å²) in [4.78, 5) is 21.7. The van der Waals surface area contributed by atoms with Crippen LogP contribution in [0.4, 0.5) is 0 Å². The molecular weight excluding hydrogens is 396 g/mol. The number of hydrogen-bond donors (Lipinski definition) is 2. The predicted octanol–water partition coefficient (Wildman–Crippen LogP) is 3.54. The number of benzene rings is 1. The van der Waals surface area contributed by atoms with E-state index in [1.54, 1.807) is 11.3 Å². The van der Waals surface area contributed by atoms with Crippen molar-refractivity contribution in [3.8, 4) is 11.3 Å². The fourth-order valence-corrected chi connectivity index (χ4v) is 4.39. The number of pyridine rings is 1. The number of aliphatic hydroxyl groups is 1. The van der Waals surface area contributed by atoms with Crippen LogP contribution in [0.2, 0.25) is 0 Å². The lowest BCUT2D eigenvalue weighted by atomic mass is 9.89. The maximum absolute atomic E-state index is 12.8. The molecule has 0 radical (unpaired) electrons. The molecule has 6 nitrogen and oxygen atoms in total. The fourth-order valence-electron chi connectivity index (χ4n) is 3.82. The van der Waals surface area contributed by atoms with Gasteiger partial charge in [0, 0.05) is 29.6 Å². The van der Waals surface area contributed by atoms with Crippen LogP contribution in [-0.4, -0.2) is 37.7 Å². The number of hydrogen-bond acceptors (Lipinski definition) is 5. The molecule has 1 aliphatic carbocycles. The molecule has 1 aliphatic rings. The lowest BCUT2D eigenvalue weighted by molar-refractivity contribution is 0.0445. The van der Waals surface area contributed by atoms with Crippen LogP contribution in [0.25, 0.3) is 22.3 Å². The number of carbonyl (C=O) groups excluding carboxylic acids is 1. The van der Waals surface area contributed by atoms with E-state index in [0.717, 1.165) is 46.3 Å². The van der Waals surface area contributed by atoms with Crippen LogP contribution in [0, 0.1) is 0 Å². The molecule has 1 amide bonds. The third kappa shape index (κ3) is 3.51. The van der Waals surface area contributed by atoms with Gasteiger partial charge in [-0.25, -0.2) is 9.97 Å². The number of rotatable bonds is 5. The smallest absolute Gasteiger partial charge is 0.270 e. The number of fused-ring (bicyclic) bond motifs is 1. The van der Waals surface area contributed by atoms with Gasteiger partial charge in [-0.3, -0.25) is 4.79 Å². The summed E-state index contributed by atoms with van der Waals surface area (Å²) in [6.45, 7) is 0. The lowest BCUT2D eigenvalue weighted by Crippen LogP contribution is -2.50. The van der Waals surface area contributed by atoms with Crippen LogP contribution >= 0.6 is 11.3 Å². The van der Waals surface area contributed by atoms with Gasteiger partial charge in [0.15, 0.2) is 0 Å². The van der Waals surface area contributed by atoms with Crippen molar-refractivity contribution in [1.82, 2.24) is 19.9 Å². The van der Waals surface area contributed by atoms with Gasteiger partial charge in [0.25, 0.3) is 5.91 Å². The van der Waals surface area contributed by atoms with E-state index in [1.165, 1.54) is 0 Å². The largest absolute Gasteiger partial charge is 0.391 e. The van der Waals surface area contributed by atoms with Crippen LogP contribution in [0.5, 0.6) is 0 Å². The maximum atomic E-state index is 12.8. The molecule has 7 heteroatoms. The molecule has 0 saturated heterocycles. The Bertz CT molecular complexity index is 1200. The minimum Gasteiger partial charge on any atom is -0.391 e. The van der Waals surface area contributed by atoms with Gasteiger partial charge in [-0.05, 0) is 42.5 Å². The number of amides is 1. The Labute approximate surface area is 178 Å². The zero-order valence-electron chi connectivity index (χ0n) is 16.6. The first kappa shape index (κ1) is 19.0. The van der Waals surface area contributed by atoms with E-state index in [1.807, 2.05) is 40.8 Å². The van der Waals surface area contributed by atoms with Crippen molar-refractivity contribution >= 4 is 28.3 Å². The second-order valence-electron chi connectivity index (χ2n) is 7.80. The number of aromatic nitrogens is 3. The number of aliphatic hydroxyl groups excluding tert-OH is 1. The minimum absolute atomic E-state index is 0.176. The van der Waals surface area contributed by atoms with Gasteiger partial charge in [-0.15, -0.1) is 11.3 Å². The van der Waals surface area contributed by atoms with Crippen LogP contribution in [0.1, 0.15) is 34.5 Å². The molecule has 30 heavy (non-hydrogen) atoms. The van der Waals surface area contributed by atoms with Gasteiger partial charge in [-0.2, -0.15) is 0 Å². The van der Waals surface area contributed by atoms with Crippen LogP contribution in [0.15, 0.2) is 53.5 Å². The average molecular weight is 419 g/mol. The monoisotopic (exact) mass is 418 g/mol. The van der Waals surface area contributed by atoms with Gasteiger partial charge >= 0.3 is 0 Å². The SMILES string of the molecule is Cn1ccc2c(Cc3ccc(-c4cscn4)cc3)cc(C(=O)N[C@H]3CC[C@@H]3O)nc21. The van der Waals surface area contributed by atoms with Gasteiger partial charge in [0.1, 0.15) is 11.3 Å². The first-order chi connectivity index (χ1) is 14.6. The summed E-state index contributed by atoms with van der Waals surface area (Å²) < 4.78 is 1.93. The molecule has 5 rings (SSSR count). The van der Waals surface area contributed by atoms with E-state index < -0.39 is 6.10 Å². The zero-order chi connectivity index (χ0) is 20.7. The van der Waals surface area contributed by atoms with Crippen LogP contribution in [-0.2, 0) is 13.5 Å². The summed E-state index contributed by atoms with van der Waals surface area (Å²) in [5.74, 6) is -0.234. The molecule has 1 fully saturated rings. The standard InChI is InChI=1S/C23H22N4O2S/c1-27-9-8-17-16(10-14-2-4-15(5-3-14)20-12-30-13-24-20)11-19(25-22(17)27)23(29)26-18-6-7-21(18)28/h2-5,8-9,11-13,18,21,28H,6-7,10H2,1H3,(H,26,29)/t18-,21-/m0/s1. The molecule has 0 spiro atoms. The van der Waals surface area contributed by atoms with E-state index in [-0.39, 0.29) is 11.9 Å². The molecule has 0 unspecified atom stereocenters. The van der Waals surface area contributed by atoms with Crippen molar-refractivity contribution in [3.05, 3.63) is 70.3 Å². The summed E-state index contributed by atoms with van der Waals surface area (Å²) >= 11 is 1.59. The number of nitrogens with zero attached hydrogens (tertiary/aromatic N) is 3. The molecule has 1 saturated carbocycles. The summed E-state index contributed by atoms with van der Waals surface area (Å²) in [5, 5.41) is 15.8. The van der Waals surface area contributed by atoms with Gasteiger partial charge < -0.3 is 15.0 Å². The molecule has 3 heterocycles. The van der Waals surface area contributed by atoms with Crippen molar-refractivity contribution in [3.63, 3.8) is 0 Å². The predicted molar refractivity (Wildman–Crippen MR) is 118 cm³/mol. The topological polar surface area (TPSA) is 80.0 Å². The zero-order valence-corrected chi connectivity index (χ0v) is 17.4. The van der Waals surface area contributed by atoms with Crippen LogP contribution in [0.3, 0.4) is 0 Å². The molecule has 2 atom stereocenters. The highest BCUT2D eigenvalue weighted by Crippen LogP contribution is 2.25. The first-order valence-corrected chi connectivity index (χ1v) is 10.9. The molecular formula is C23H22N4O2S. The Hall–Kier alpha value is -3.03. The Morgan fingerprint density at radius 1 is 1.27 bits per heavy atom. The van der Waals surface area contributed by atoms with Crippen molar-refractivity contribution in [2.75, 3.05) is 0 Å². The number of thiazole rings is 1. The maximum Gasteiger partial charge on any atom is 0.270 e. The lowest BCUT2D eigenvalue weighted by Gasteiger charge is -2.32. The quantitative estimate of drug-likeness (QED) is 0.520. The number of aryl methyl sites for hydroxylation is 1. The first-order valence-electron chi connectivity index (χ1n) is 10.00. The van der Waals surface area contributed by atoms with Crippen molar-refractivity contribution in [2.45, 2.75) is 31.4 Å². The molecule has 3 aromatic heterocycles. The fraction of sp³-hybridized carbons (Fsp3) is 0.261. The summed E-state index contributed by atoms with van der Waals surface area (Å²) in [5.41, 5.74) is 7.30. The summed E-state index contributed by atoms with van der Waals surface area (Å²) in [7, 11) is 1.93. The van der Waals surface area contributed by atoms with Crippen molar-refractivity contribution < 1.29 is 9.90 Å². The van der Waals surface area contributed by atoms with Crippen molar-refractivity contribution in [2.24, 2.45) is 7.05 Å². The highest BCUT2D eigenvalue weighted by atomic mass is 32.1. The van der Waals surface area contributed by atoms with Crippen molar-refractivity contribution in [1.29, 1.82) is 0 Å². The highest BCUT2D eigenvalue weighted by Gasteiger charge is 2.30. The molecule has 0 bridgehead atoms. The Kier molecular flexibility index (Phi) is 4.84. The van der Waals surface area contributed by atoms with Crippen LogP contribution < -0.4 is 5.32 Å². The Morgan fingerprint density at radius 2 is 2.10 bits per heavy atom. The summed E-state index contributed by atoms with van der Waals surface area (Å²) in [6.07, 6.45) is 3.74. The highest BCUT2D eigenvalue weighted by molar-refractivity contribution is 7.07. The number of nitrogens with one attached hydrogen (secondary N) is 1. The van der Waals surface area contributed by atoms with Gasteiger partial charge in [-0.1, -0.05) is 24.3 Å². The second kappa shape index (κ2) is 7.66. The molecule has 4 aromatic rings. The number of carbonyl (C=O) groups is 1. The van der Waals surface area contributed by atoms with E-state index in [0.29, 0.717) is 12.1 Å².